The lowest BCUT2D eigenvalue weighted by molar-refractivity contribution is -0.148. The third-order valence-electron chi connectivity index (χ3n) is 4.85. The van der Waals surface area contributed by atoms with Crippen molar-refractivity contribution < 1.29 is 14.3 Å². The number of hydrogen-bond acceptors (Lipinski definition) is 5. The average Bonchev–Trinajstić information content (AvgIpc) is 2.77. The lowest BCUT2D eigenvalue weighted by atomic mass is 10.0. The fourth-order valence-corrected chi connectivity index (χ4v) is 3.42. The van der Waals surface area contributed by atoms with Crippen LogP contribution in [0, 0.1) is 24.2 Å². The molecule has 0 heterocycles. The van der Waals surface area contributed by atoms with Gasteiger partial charge in [0, 0.05) is 5.56 Å². The standard InChI is InChI=1S/C26H25ClN2O3/c1-17(2)25(29-23-13-12-18(3)14-22(23)27)26(30)32-24(16-28)19-8-7-11-21(15-19)31-20-9-5-4-6-10-20/h4-15,17,24-25,29H,1-3H3. The zero-order valence-electron chi connectivity index (χ0n) is 18.2. The van der Waals surface area contributed by atoms with E-state index in [1.54, 1.807) is 24.3 Å². The van der Waals surface area contributed by atoms with Gasteiger partial charge in [-0.3, -0.25) is 0 Å². The molecule has 0 bridgehead atoms. The van der Waals surface area contributed by atoms with Crippen LogP contribution in [0.4, 0.5) is 5.69 Å². The Morgan fingerprint density at radius 2 is 1.72 bits per heavy atom. The molecule has 0 amide bonds. The zero-order chi connectivity index (χ0) is 23.1. The first-order valence-corrected chi connectivity index (χ1v) is 10.7. The molecule has 0 radical (unpaired) electrons. The maximum atomic E-state index is 13.0. The van der Waals surface area contributed by atoms with Crippen LogP contribution in [0.5, 0.6) is 11.5 Å². The Labute approximate surface area is 193 Å². The second-order valence-electron chi connectivity index (χ2n) is 7.78. The first-order valence-electron chi connectivity index (χ1n) is 10.3. The topological polar surface area (TPSA) is 71.3 Å². The summed E-state index contributed by atoms with van der Waals surface area (Å²) in [5.41, 5.74) is 2.19. The predicted octanol–water partition coefficient (Wildman–Crippen LogP) is 6.69. The van der Waals surface area contributed by atoms with Crippen LogP contribution in [-0.4, -0.2) is 12.0 Å². The summed E-state index contributed by atoms with van der Waals surface area (Å²) in [5, 5.41) is 13.4. The third-order valence-corrected chi connectivity index (χ3v) is 5.16. The molecule has 6 heteroatoms. The van der Waals surface area contributed by atoms with Gasteiger partial charge in [0.05, 0.1) is 10.7 Å². The van der Waals surface area contributed by atoms with Gasteiger partial charge in [0.15, 0.2) is 0 Å². The average molecular weight is 449 g/mol. The fourth-order valence-electron chi connectivity index (χ4n) is 3.13. The number of benzene rings is 3. The molecule has 3 rings (SSSR count). The monoisotopic (exact) mass is 448 g/mol. The molecule has 2 unspecified atom stereocenters. The summed E-state index contributed by atoms with van der Waals surface area (Å²) >= 11 is 6.31. The van der Waals surface area contributed by atoms with Crippen molar-refractivity contribution in [1.29, 1.82) is 5.26 Å². The van der Waals surface area contributed by atoms with Gasteiger partial charge in [-0.2, -0.15) is 5.26 Å². The highest BCUT2D eigenvalue weighted by atomic mass is 35.5. The Hall–Kier alpha value is -3.49. The smallest absolute Gasteiger partial charge is 0.330 e. The normalized spacial score (nSPS) is 12.5. The zero-order valence-corrected chi connectivity index (χ0v) is 19.0. The van der Waals surface area contributed by atoms with Crippen molar-refractivity contribution in [2.75, 3.05) is 5.32 Å². The summed E-state index contributed by atoms with van der Waals surface area (Å²) in [6, 6.07) is 23.2. The number of nitriles is 1. The molecular weight excluding hydrogens is 424 g/mol. The molecule has 32 heavy (non-hydrogen) atoms. The van der Waals surface area contributed by atoms with E-state index in [1.807, 2.05) is 69.3 Å². The fraction of sp³-hybridized carbons (Fsp3) is 0.231. The lowest BCUT2D eigenvalue weighted by Crippen LogP contribution is -2.36. The van der Waals surface area contributed by atoms with Crippen LogP contribution in [-0.2, 0) is 9.53 Å². The SMILES string of the molecule is Cc1ccc(NC(C(=O)OC(C#N)c2cccc(Oc3ccccc3)c2)C(C)C)c(Cl)c1. The van der Waals surface area contributed by atoms with Gasteiger partial charge >= 0.3 is 5.97 Å². The molecule has 5 nitrogen and oxygen atoms in total. The van der Waals surface area contributed by atoms with Crippen molar-refractivity contribution in [3.63, 3.8) is 0 Å². The van der Waals surface area contributed by atoms with Crippen molar-refractivity contribution in [3.8, 4) is 17.6 Å². The van der Waals surface area contributed by atoms with E-state index in [0.717, 1.165) is 5.56 Å². The molecule has 1 N–H and O–H groups in total. The van der Waals surface area contributed by atoms with E-state index >= 15 is 0 Å². The van der Waals surface area contributed by atoms with Crippen molar-refractivity contribution >= 4 is 23.3 Å². The minimum absolute atomic E-state index is 0.0908. The maximum Gasteiger partial charge on any atom is 0.330 e. The van der Waals surface area contributed by atoms with Gasteiger partial charge in [0.1, 0.15) is 23.6 Å². The van der Waals surface area contributed by atoms with Gasteiger partial charge < -0.3 is 14.8 Å². The number of ether oxygens (including phenoxy) is 2. The highest BCUT2D eigenvalue weighted by Crippen LogP contribution is 2.28. The van der Waals surface area contributed by atoms with E-state index in [1.165, 1.54) is 0 Å². The van der Waals surface area contributed by atoms with Gasteiger partial charge in [-0.1, -0.05) is 61.8 Å². The highest BCUT2D eigenvalue weighted by molar-refractivity contribution is 6.33. The molecule has 0 fully saturated rings. The first-order chi connectivity index (χ1) is 15.4. The van der Waals surface area contributed by atoms with E-state index in [0.29, 0.717) is 27.8 Å². The van der Waals surface area contributed by atoms with Crippen LogP contribution in [0.2, 0.25) is 5.02 Å². The number of anilines is 1. The number of hydrogen-bond donors (Lipinski definition) is 1. The lowest BCUT2D eigenvalue weighted by Gasteiger charge is -2.24. The van der Waals surface area contributed by atoms with Crippen LogP contribution in [0.25, 0.3) is 0 Å². The molecular formula is C26H25ClN2O3. The Kier molecular flexibility index (Phi) is 7.75. The number of carbonyl (C=O) groups excluding carboxylic acids is 1. The molecule has 3 aromatic carbocycles. The van der Waals surface area contributed by atoms with E-state index in [4.69, 9.17) is 21.1 Å². The second kappa shape index (κ2) is 10.7. The van der Waals surface area contributed by atoms with Crippen molar-refractivity contribution in [2.45, 2.75) is 32.9 Å². The van der Waals surface area contributed by atoms with E-state index in [-0.39, 0.29) is 5.92 Å². The summed E-state index contributed by atoms with van der Waals surface area (Å²) in [4.78, 5) is 13.0. The molecule has 0 aliphatic heterocycles. The maximum absolute atomic E-state index is 13.0. The third kappa shape index (κ3) is 6.03. The van der Waals surface area contributed by atoms with Gasteiger partial charge in [0.2, 0.25) is 6.10 Å². The molecule has 3 aromatic rings. The molecule has 0 aromatic heterocycles. The predicted molar refractivity (Wildman–Crippen MR) is 126 cm³/mol. The molecule has 2 atom stereocenters. The van der Waals surface area contributed by atoms with Gasteiger partial charge in [-0.15, -0.1) is 0 Å². The van der Waals surface area contributed by atoms with Crippen molar-refractivity contribution in [3.05, 3.63) is 88.9 Å². The number of esters is 1. The summed E-state index contributed by atoms with van der Waals surface area (Å²) in [7, 11) is 0. The molecule has 0 saturated heterocycles. The number of carbonyl (C=O) groups is 1. The van der Waals surface area contributed by atoms with Crippen molar-refractivity contribution in [2.24, 2.45) is 5.92 Å². The summed E-state index contributed by atoms with van der Waals surface area (Å²) in [5.74, 6) is 0.605. The highest BCUT2D eigenvalue weighted by Gasteiger charge is 2.28. The van der Waals surface area contributed by atoms with E-state index in [9.17, 15) is 10.1 Å². The van der Waals surface area contributed by atoms with Crippen LogP contribution in [0.1, 0.15) is 31.1 Å². The van der Waals surface area contributed by atoms with E-state index in [2.05, 4.69) is 11.4 Å². The Morgan fingerprint density at radius 1 is 1.00 bits per heavy atom. The van der Waals surface area contributed by atoms with Gasteiger partial charge in [-0.25, -0.2) is 4.79 Å². The van der Waals surface area contributed by atoms with Crippen LogP contribution < -0.4 is 10.1 Å². The Morgan fingerprint density at radius 3 is 2.38 bits per heavy atom. The molecule has 0 aliphatic rings. The van der Waals surface area contributed by atoms with Gasteiger partial charge in [0.25, 0.3) is 0 Å². The molecule has 0 saturated carbocycles. The summed E-state index contributed by atoms with van der Waals surface area (Å²) < 4.78 is 11.4. The molecule has 0 aliphatic carbocycles. The minimum Gasteiger partial charge on any atom is -0.457 e. The number of nitrogens with zero attached hydrogens (tertiary/aromatic N) is 1. The summed E-state index contributed by atoms with van der Waals surface area (Å²) in [6.07, 6.45) is -1.07. The Balaban J connectivity index is 1.75. The van der Waals surface area contributed by atoms with E-state index < -0.39 is 18.1 Å². The van der Waals surface area contributed by atoms with Gasteiger partial charge in [-0.05, 0) is 54.8 Å². The molecule has 0 spiro atoms. The second-order valence-corrected chi connectivity index (χ2v) is 8.19. The Bertz CT molecular complexity index is 1110. The number of rotatable bonds is 8. The molecule has 164 valence electrons. The largest absolute Gasteiger partial charge is 0.457 e. The number of halogens is 1. The number of aryl methyl sites for hydroxylation is 1. The van der Waals surface area contributed by atoms with Crippen LogP contribution in [0.15, 0.2) is 72.8 Å². The summed E-state index contributed by atoms with van der Waals surface area (Å²) in [6.45, 7) is 5.74. The van der Waals surface area contributed by atoms with Crippen LogP contribution >= 0.6 is 11.6 Å². The quantitative estimate of drug-likeness (QED) is 0.389. The minimum atomic E-state index is -1.07. The first kappa shape index (κ1) is 23.2. The number of nitrogens with one attached hydrogen (secondary N) is 1. The number of para-hydroxylation sites is 1. The van der Waals surface area contributed by atoms with Crippen LogP contribution in [0.3, 0.4) is 0 Å². The van der Waals surface area contributed by atoms with Crippen molar-refractivity contribution in [1.82, 2.24) is 0 Å².